The maximum absolute atomic E-state index is 13.1. The Morgan fingerprint density at radius 3 is 2.65 bits per heavy atom. The van der Waals surface area contributed by atoms with Crippen molar-refractivity contribution in [1.82, 2.24) is 14.9 Å². The molecule has 34 heavy (non-hydrogen) atoms. The van der Waals surface area contributed by atoms with Gasteiger partial charge < -0.3 is 30.8 Å². The number of aromatic nitrogens is 2. The van der Waals surface area contributed by atoms with E-state index in [0.29, 0.717) is 41.7 Å². The maximum Gasteiger partial charge on any atom is 0.268 e. The Balaban J connectivity index is 1.71. The summed E-state index contributed by atoms with van der Waals surface area (Å²) in [7, 11) is 0.622. The summed E-state index contributed by atoms with van der Waals surface area (Å²) in [6.07, 6.45) is 2.47. The average Bonchev–Trinajstić information content (AvgIpc) is 3.33. The van der Waals surface area contributed by atoms with Gasteiger partial charge in [-0.25, -0.2) is 4.98 Å². The number of nitrogens with one attached hydrogen (secondary N) is 4. The van der Waals surface area contributed by atoms with E-state index in [1.165, 1.54) is 23.8 Å². The molecule has 0 spiro atoms. The number of amides is 1. The molecule has 0 saturated carbocycles. The first kappa shape index (κ1) is 26.1. The van der Waals surface area contributed by atoms with E-state index in [9.17, 15) is 4.79 Å². The minimum atomic E-state index is -1.14. The number of carbonyl (C=O) groups excluding carboxylic acids is 1. The standard InChI is InChI=1S/C23H31ClN6O2SSi/c1-30-20(17(12-26)21-22(30)29-19(10-24)33-21)23(31)27-13-15-6-5-7-18(16(15)11-25)28-14-32-8-9-34(2,3)4/h5-7,11-12,25-26,28H,8-10,13-14H2,1-4H3,(H,27,31). The highest BCUT2D eigenvalue weighted by molar-refractivity contribution is 7.19. The van der Waals surface area contributed by atoms with Gasteiger partial charge in [-0.2, -0.15) is 0 Å². The van der Waals surface area contributed by atoms with Crippen LogP contribution in [0.4, 0.5) is 5.69 Å². The Labute approximate surface area is 209 Å². The van der Waals surface area contributed by atoms with Crippen LogP contribution in [0.3, 0.4) is 0 Å². The van der Waals surface area contributed by atoms with Crippen LogP contribution in [0.5, 0.6) is 0 Å². The van der Waals surface area contributed by atoms with Crippen molar-refractivity contribution in [1.29, 1.82) is 10.8 Å². The third-order valence-electron chi connectivity index (χ3n) is 5.42. The van der Waals surface area contributed by atoms with Crippen molar-refractivity contribution < 1.29 is 9.53 Å². The molecule has 8 nitrogen and oxygen atoms in total. The molecule has 4 N–H and O–H groups in total. The lowest BCUT2D eigenvalue weighted by atomic mass is 10.1. The Kier molecular flexibility index (Phi) is 8.64. The molecule has 0 saturated heterocycles. The normalized spacial score (nSPS) is 11.6. The monoisotopic (exact) mass is 518 g/mol. The van der Waals surface area contributed by atoms with E-state index < -0.39 is 8.07 Å². The zero-order chi connectivity index (χ0) is 24.9. The second-order valence-electron chi connectivity index (χ2n) is 9.11. The number of fused-ring (bicyclic) bond motifs is 1. The van der Waals surface area contributed by atoms with Gasteiger partial charge in [0.25, 0.3) is 5.91 Å². The van der Waals surface area contributed by atoms with E-state index in [4.69, 9.17) is 27.2 Å². The molecule has 3 rings (SSSR count). The first-order valence-electron chi connectivity index (χ1n) is 11.0. The summed E-state index contributed by atoms with van der Waals surface area (Å²) in [6.45, 7) is 8.25. The van der Waals surface area contributed by atoms with Crippen LogP contribution in [-0.4, -0.2) is 49.3 Å². The molecule has 0 aliphatic heterocycles. The molecule has 2 aromatic heterocycles. The van der Waals surface area contributed by atoms with E-state index in [1.54, 1.807) is 11.6 Å². The van der Waals surface area contributed by atoms with Crippen LogP contribution in [-0.2, 0) is 24.2 Å². The lowest BCUT2D eigenvalue weighted by Crippen LogP contribution is -2.26. The molecule has 1 aromatic carbocycles. The largest absolute Gasteiger partial charge is 0.362 e. The topological polar surface area (TPSA) is 116 Å². The SMILES string of the molecule is Cn1c(C(=O)NCc2cccc(NCOCC[Si](C)(C)C)c2C=N)c(C=N)c2sc(CCl)nc21. The van der Waals surface area contributed by atoms with E-state index in [-0.39, 0.29) is 12.5 Å². The van der Waals surface area contributed by atoms with Crippen LogP contribution in [0.2, 0.25) is 25.7 Å². The van der Waals surface area contributed by atoms with Gasteiger partial charge in [0.2, 0.25) is 0 Å². The zero-order valence-electron chi connectivity index (χ0n) is 19.9. The fraction of sp³-hybridized carbons (Fsp3) is 0.391. The molecule has 11 heteroatoms. The number of halogens is 1. The summed E-state index contributed by atoms with van der Waals surface area (Å²) in [5, 5.41) is 22.7. The quantitative estimate of drug-likeness (QED) is 0.0884. The van der Waals surface area contributed by atoms with Crippen molar-refractivity contribution in [2.24, 2.45) is 7.05 Å². The molecule has 1 amide bonds. The fourth-order valence-electron chi connectivity index (χ4n) is 3.55. The first-order chi connectivity index (χ1) is 16.2. The third-order valence-corrected chi connectivity index (χ3v) is 8.62. The molecular weight excluding hydrogens is 488 g/mol. The van der Waals surface area contributed by atoms with Crippen molar-refractivity contribution in [2.45, 2.75) is 38.1 Å². The lowest BCUT2D eigenvalue weighted by molar-refractivity contribution is 0.0943. The lowest BCUT2D eigenvalue weighted by Gasteiger charge is -2.17. The summed E-state index contributed by atoms with van der Waals surface area (Å²) in [5.41, 5.74) is 3.85. The predicted molar refractivity (Wildman–Crippen MR) is 144 cm³/mol. The highest BCUT2D eigenvalue weighted by Gasteiger charge is 2.23. The minimum Gasteiger partial charge on any atom is -0.362 e. The van der Waals surface area contributed by atoms with E-state index in [1.807, 2.05) is 18.2 Å². The zero-order valence-corrected chi connectivity index (χ0v) is 22.5. The summed E-state index contributed by atoms with van der Waals surface area (Å²) in [5.74, 6) is -0.0130. The number of alkyl halides is 1. The number of benzene rings is 1. The Morgan fingerprint density at radius 1 is 1.26 bits per heavy atom. The first-order valence-corrected chi connectivity index (χ1v) is 16.0. The van der Waals surface area contributed by atoms with Crippen LogP contribution in [0.25, 0.3) is 10.3 Å². The van der Waals surface area contributed by atoms with Gasteiger partial charge in [0, 0.05) is 57.5 Å². The fourth-order valence-corrected chi connectivity index (χ4v) is 5.49. The molecule has 0 bridgehead atoms. The summed E-state index contributed by atoms with van der Waals surface area (Å²) < 4.78 is 8.20. The number of hydrogen-bond acceptors (Lipinski definition) is 7. The van der Waals surface area contributed by atoms with Crippen molar-refractivity contribution in [3.8, 4) is 0 Å². The van der Waals surface area contributed by atoms with Crippen LogP contribution < -0.4 is 10.6 Å². The van der Waals surface area contributed by atoms with Crippen molar-refractivity contribution in [2.75, 3.05) is 18.7 Å². The maximum atomic E-state index is 13.1. The van der Waals surface area contributed by atoms with Crippen LogP contribution in [0, 0.1) is 10.8 Å². The van der Waals surface area contributed by atoms with Gasteiger partial charge in [0.15, 0.2) is 5.65 Å². The molecule has 0 aliphatic carbocycles. The van der Waals surface area contributed by atoms with Gasteiger partial charge in [-0.05, 0) is 17.7 Å². The second kappa shape index (κ2) is 11.3. The Hall–Kier alpha value is -2.53. The average molecular weight is 519 g/mol. The number of rotatable bonds is 12. The summed E-state index contributed by atoms with van der Waals surface area (Å²) in [6, 6.07) is 6.76. The van der Waals surface area contributed by atoms with Crippen LogP contribution >= 0.6 is 22.9 Å². The number of hydrogen-bond donors (Lipinski definition) is 4. The molecule has 182 valence electrons. The van der Waals surface area contributed by atoms with Crippen LogP contribution in [0.15, 0.2) is 18.2 Å². The molecule has 0 atom stereocenters. The van der Waals surface area contributed by atoms with Gasteiger partial charge in [0.05, 0.1) is 10.6 Å². The van der Waals surface area contributed by atoms with E-state index in [2.05, 4.69) is 35.3 Å². The molecule has 0 fully saturated rings. The summed E-state index contributed by atoms with van der Waals surface area (Å²) in [4.78, 5) is 17.5. The van der Waals surface area contributed by atoms with Crippen molar-refractivity contribution >= 4 is 65.4 Å². The predicted octanol–water partition coefficient (Wildman–Crippen LogP) is 5.02. The number of thiazole rings is 1. The number of aryl methyl sites for hydroxylation is 1. The Morgan fingerprint density at radius 2 is 2.00 bits per heavy atom. The van der Waals surface area contributed by atoms with Gasteiger partial charge in [0.1, 0.15) is 17.4 Å². The minimum absolute atomic E-state index is 0.242. The molecule has 2 heterocycles. The van der Waals surface area contributed by atoms with E-state index in [0.717, 1.165) is 27.0 Å². The van der Waals surface area contributed by atoms with Gasteiger partial charge in [-0.3, -0.25) is 4.79 Å². The number of nitrogens with zero attached hydrogens (tertiary/aromatic N) is 2. The number of anilines is 1. The number of carbonyl (C=O) groups is 1. The molecule has 0 aliphatic rings. The van der Waals surface area contributed by atoms with Crippen LogP contribution in [0.1, 0.15) is 32.2 Å². The molecule has 0 radical (unpaired) electrons. The van der Waals surface area contributed by atoms with Crippen molar-refractivity contribution in [3.63, 3.8) is 0 Å². The highest BCUT2D eigenvalue weighted by Crippen LogP contribution is 2.30. The Bertz CT molecular complexity index is 1200. The molecule has 3 aromatic rings. The van der Waals surface area contributed by atoms with Gasteiger partial charge in [-0.1, -0.05) is 31.8 Å². The molecule has 0 unspecified atom stereocenters. The van der Waals surface area contributed by atoms with Gasteiger partial charge >= 0.3 is 0 Å². The second-order valence-corrected chi connectivity index (χ2v) is 16.1. The smallest absolute Gasteiger partial charge is 0.268 e. The third kappa shape index (κ3) is 5.93. The highest BCUT2D eigenvalue weighted by atomic mass is 35.5. The van der Waals surface area contributed by atoms with E-state index >= 15 is 0 Å². The van der Waals surface area contributed by atoms with Gasteiger partial charge in [-0.15, -0.1) is 22.9 Å². The molecular formula is C23H31ClN6O2SSi. The number of ether oxygens (including phenoxy) is 1. The summed E-state index contributed by atoms with van der Waals surface area (Å²) >= 11 is 7.29. The van der Waals surface area contributed by atoms with Crippen molar-refractivity contribution in [3.05, 3.63) is 45.6 Å².